The van der Waals surface area contributed by atoms with Crippen LogP contribution < -0.4 is 10.6 Å². The Kier molecular flexibility index (Phi) is 3.14. The van der Waals surface area contributed by atoms with Gasteiger partial charge in [-0.1, -0.05) is 0 Å². The van der Waals surface area contributed by atoms with Crippen LogP contribution in [0.25, 0.3) is 0 Å². The number of amides is 1. The van der Waals surface area contributed by atoms with Gasteiger partial charge in [0, 0.05) is 6.04 Å². The summed E-state index contributed by atoms with van der Waals surface area (Å²) in [7, 11) is 1.70. The first kappa shape index (κ1) is 11.4. The van der Waals surface area contributed by atoms with Gasteiger partial charge in [0.1, 0.15) is 0 Å². The minimum atomic E-state index is -0.762. The van der Waals surface area contributed by atoms with Gasteiger partial charge in [-0.05, 0) is 38.1 Å². The number of carboxylic acids is 1. The molecule has 1 amide bonds. The highest BCUT2D eigenvalue weighted by atomic mass is 16.4. The van der Waals surface area contributed by atoms with Gasteiger partial charge < -0.3 is 15.7 Å². The number of hydrogen-bond acceptors (Lipinski definition) is 3. The van der Waals surface area contributed by atoms with Crippen molar-refractivity contribution in [1.29, 1.82) is 0 Å². The molecule has 0 aromatic heterocycles. The van der Waals surface area contributed by atoms with Gasteiger partial charge in [0.25, 0.3) is 0 Å². The molecule has 4 unspecified atom stereocenters. The minimum absolute atomic E-state index is 0.105. The van der Waals surface area contributed by atoms with Gasteiger partial charge in [-0.15, -0.1) is 0 Å². The summed E-state index contributed by atoms with van der Waals surface area (Å²) >= 11 is 0. The Bertz CT molecular complexity index is 306. The third-order valence-corrected chi connectivity index (χ3v) is 3.87. The Morgan fingerprint density at radius 3 is 2.62 bits per heavy atom. The van der Waals surface area contributed by atoms with E-state index in [2.05, 4.69) is 10.6 Å². The van der Waals surface area contributed by atoms with E-state index in [9.17, 15) is 14.7 Å². The quantitative estimate of drug-likeness (QED) is 0.621. The molecule has 2 aliphatic carbocycles. The van der Waals surface area contributed by atoms with Crippen LogP contribution >= 0.6 is 0 Å². The van der Waals surface area contributed by atoms with E-state index in [1.165, 1.54) is 0 Å². The Morgan fingerprint density at radius 1 is 1.31 bits per heavy atom. The number of aliphatic carboxylic acids is 1. The lowest BCUT2D eigenvalue weighted by molar-refractivity contribution is -0.144. The monoisotopic (exact) mass is 226 g/mol. The summed E-state index contributed by atoms with van der Waals surface area (Å²) in [5.74, 6) is -0.609. The summed E-state index contributed by atoms with van der Waals surface area (Å²) in [5.41, 5.74) is 0. The second kappa shape index (κ2) is 4.41. The smallest absolute Gasteiger partial charge is 0.308 e. The highest BCUT2D eigenvalue weighted by molar-refractivity contribution is 5.80. The number of likely N-dealkylation sites (N-methyl/N-ethyl adjacent to an activating group) is 1. The Labute approximate surface area is 94.6 Å². The molecule has 2 fully saturated rings. The van der Waals surface area contributed by atoms with Crippen molar-refractivity contribution in [2.24, 2.45) is 17.8 Å². The molecule has 4 atom stereocenters. The van der Waals surface area contributed by atoms with Crippen LogP contribution in [-0.2, 0) is 9.59 Å². The van der Waals surface area contributed by atoms with E-state index in [4.69, 9.17) is 0 Å². The molecule has 5 nitrogen and oxygen atoms in total. The topological polar surface area (TPSA) is 78.4 Å². The van der Waals surface area contributed by atoms with Crippen molar-refractivity contribution in [1.82, 2.24) is 10.6 Å². The zero-order valence-corrected chi connectivity index (χ0v) is 9.40. The van der Waals surface area contributed by atoms with Crippen molar-refractivity contribution < 1.29 is 14.7 Å². The van der Waals surface area contributed by atoms with Crippen LogP contribution in [0.1, 0.15) is 19.3 Å². The highest BCUT2D eigenvalue weighted by Crippen LogP contribution is 2.48. The predicted octanol–water partition coefficient (Wildman–Crippen LogP) is -0.179. The van der Waals surface area contributed by atoms with E-state index < -0.39 is 5.97 Å². The van der Waals surface area contributed by atoms with E-state index in [1.54, 1.807) is 7.05 Å². The van der Waals surface area contributed by atoms with Gasteiger partial charge in [0.2, 0.25) is 5.91 Å². The summed E-state index contributed by atoms with van der Waals surface area (Å²) in [6.07, 6.45) is 3.01. The van der Waals surface area contributed by atoms with Gasteiger partial charge in [-0.25, -0.2) is 0 Å². The van der Waals surface area contributed by atoms with Crippen LogP contribution in [0.4, 0.5) is 0 Å². The van der Waals surface area contributed by atoms with Crippen LogP contribution in [0, 0.1) is 17.8 Å². The van der Waals surface area contributed by atoms with E-state index >= 15 is 0 Å². The molecule has 0 aromatic carbocycles. The highest BCUT2D eigenvalue weighted by Gasteiger charge is 2.51. The van der Waals surface area contributed by atoms with Crippen molar-refractivity contribution in [2.45, 2.75) is 25.3 Å². The van der Waals surface area contributed by atoms with Crippen LogP contribution in [0.2, 0.25) is 0 Å². The lowest BCUT2D eigenvalue weighted by Crippen LogP contribution is -2.48. The molecule has 0 aromatic rings. The van der Waals surface area contributed by atoms with Gasteiger partial charge in [0.15, 0.2) is 0 Å². The molecule has 2 rings (SSSR count). The Hall–Kier alpha value is -1.10. The number of fused-ring (bicyclic) bond motifs is 2. The van der Waals surface area contributed by atoms with Crippen molar-refractivity contribution in [3.63, 3.8) is 0 Å². The van der Waals surface area contributed by atoms with Crippen molar-refractivity contribution >= 4 is 11.9 Å². The fourth-order valence-corrected chi connectivity index (χ4v) is 3.25. The molecule has 0 heterocycles. The molecule has 90 valence electrons. The van der Waals surface area contributed by atoms with E-state index in [0.29, 0.717) is 5.92 Å². The second-order valence-electron chi connectivity index (χ2n) is 4.82. The molecule has 2 bridgehead atoms. The van der Waals surface area contributed by atoms with Crippen molar-refractivity contribution in [2.75, 3.05) is 13.6 Å². The molecule has 2 aliphatic rings. The maximum atomic E-state index is 11.5. The van der Waals surface area contributed by atoms with Gasteiger partial charge in [-0.2, -0.15) is 0 Å². The van der Waals surface area contributed by atoms with Crippen molar-refractivity contribution in [3.8, 4) is 0 Å². The summed E-state index contributed by atoms with van der Waals surface area (Å²) < 4.78 is 0. The molecular weight excluding hydrogens is 208 g/mol. The minimum Gasteiger partial charge on any atom is -0.481 e. The molecule has 0 radical (unpaired) electrons. The predicted molar refractivity (Wildman–Crippen MR) is 57.8 cm³/mol. The molecule has 0 spiro atoms. The van der Waals surface area contributed by atoms with E-state index in [0.717, 1.165) is 19.3 Å². The van der Waals surface area contributed by atoms with Crippen LogP contribution in [0.3, 0.4) is 0 Å². The standard InChI is InChI=1S/C11H18N2O3/c1-12-5-8(14)13-10-7-3-2-6(4-7)9(10)11(15)16/h6-7,9-10,12H,2-5H2,1H3,(H,13,14)(H,15,16). The number of carbonyl (C=O) groups excluding carboxylic acids is 1. The Balaban J connectivity index is 2.02. The first-order valence-electron chi connectivity index (χ1n) is 5.80. The number of carboxylic acid groups (broad SMARTS) is 1. The lowest BCUT2D eigenvalue weighted by Gasteiger charge is -2.28. The molecule has 0 saturated heterocycles. The van der Waals surface area contributed by atoms with E-state index in [1.807, 2.05) is 0 Å². The molecule has 5 heteroatoms. The summed E-state index contributed by atoms with van der Waals surface area (Å²) in [6, 6.07) is -0.155. The molecular formula is C11H18N2O3. The fourth-order valence-electron chi connectivity index (χ4n) is 3.25. The largest absolute Gasteiger partial charge is 0.481 e. The maximum absolute atomic E-state index is 11.5. The first-order chi connectivity index (χ1) is 7.63. The average molecular weight is 226 g/mol. The zero-order chi connectivity index (χ0) is 11.7. The van der Waals surface area contributed by atoms with Crippen LogP contribution in [-0.4, -0.2) is 36.6 Å². The summed E-state index contributed by atoms with van der Waals surface area (Å²) in [6.45, 7) is 0.250. The van der Waals surface area contributed by atoms with Crippen molar-refractivity contribution in [3.05, 3.63) is 0 Å². The molecule has 0 aliphatic heterocycles. The number of nitrogens with one attached hydrogen (secondary N) is 2. The third kappa shape index (κ3) is 1.91. The average Bonchev–Trinajstić information content (AvgIpc) is 2.77. The van der Waals surface area contributed by atoms with E-state index in [-0.39, 0.29) is 30.3 Å². The summed E-state index contributed by atoms with van der Waals surface area (Å²) in [4.78, 5) is 22.7. The van der Waals surface area contributed by atoms with Gasteiger partial charge in [-0.3, -0.25) is 9.59 Å². The first-order valence-corrected chi connectivity index (χ1v) is 5.80. The second-order valence-corrected chi connectivity index (χ2v) is 4.82. The number of hydrogen-bond donors (Lipinski definition) is 3. The molecule has 16 heavy (non-hydrogen) atoms. The molecule has 2 saturated carbocycles. The van der Waals surface area contributed by atoms with Gasteiger partial charge >= 0.3 is 5.97 Å². The van der Waals surface area contributed by atoms with Crippen LogP contribution in [0.5, 0.6) is 0 Å². The van der Waals surface area contributed by atoms with Crippen LogP contribution in [0.15, 0.2) is 0 Å². The lowest BCUT2D eigenvalue weighted by atomic mass is 9.84. The fraction of sp³-hybridized carbons (Fsp3) is 0.818. The zero-order valence-electron chi connectivity index (χ0n) is 9.40. The van der Waals surface area contributed by atoms with Gasteiger partial charge in [0.05, 0.1) is 12.5 Å². The summed E-state index contributed by atoms with van der Waals surface area (Å²) in [5, 5.41) is 14.8. The molecule has 3 N–H and O–H groups in total. The number of carbonyl (C=O) groups is 2. The SMILES string of the molecule is CNCC(=O)NC1C2CCC(C2)C1C(=O)O. The Morgan fingerprint density at radius 2 is 2.00 bits per heavy atom. The number of rotatable bonds is 4. The third-order valence-electron chi connectivity index (χ3n) is 3.87. The normalized spacial score (nSPS) is 36.3. The maximum Gasteiger partial charge on any atom is 0.308 e.